The van der Waals surface area contributed by atoms with Gasteiger partial charge in [0.1, 0.15) is 0 Å². The molecule has 1 nitrogen and oxygen atoms in total. The fourth-order valence-corrected chi connectivity index (χ4v) is 2.33. The first kappa shape index (κ1) is 16.2. The lowest BCUT2D eigenvalue weighted by Crippen LogP contribution is -2.11. The molecule has 0 radical (unpaired) electrons. The molecule has 0 aliphatic heterocycles. The van der Waals surface area contributed by atoms with E-state index in [0.29, 0.717) is 6.54 Å². The number of hydrogen-bond acceptors (Lipinski definition) is 2. The van der Waals surface area contributed by atoms with Crippen LogP contribution in [0.2, 0.25) is 0 Å². The van der Waals surface area contributed by atoms with Crippen LogP contribution in [-0.4, -0.2) is 18.6 Å². The van der Waals surface area contributed by atoms with E-state index < -0.39 is 11.7 Å². The highest BCUT2D eigenvalue weighted by molar-refractivity contribution is 7.98. The molecule has 1 rings (SSSR count). The minimum atomic E-state index is -4.29. The molecule has 0 heterocycles. The van der Waals surface area contributed by atoms with E-state index in [9.17, 15) is 13.2 Å². The van der Waals surface area contributed by atoms with Crippen molar-refractivity contribution < 1.29 is 13.2 Å². The third-order valence-corrected chi connectivity index (χ3v) is 3.52. The zero-order chi connectivity index (χ0) is 14.1. The van der Waals surface area contributed by atoms with Crippen molar-refractivity contribution in [1.82, 2.24) is 0 Å². The number of para-hydroxylation sites is 1. The third kappa shape index (κ3) is 6.23. The molecule has 0 unspecified atom stereocenters. The number of thioether (sulfide) groups is 1. The first-order valence-electron chi connectivity index (χ1n) is 6.44. The summed E-state index contributed by atoms with van der Waals surface area (Å²) in [5.41, 5.74) is -0.406. The van der Waals surface area contributed by atoms with E-state index in [2.05, 4.69) is 11.6 Å². The largest absolute Gasteiger partial charge is 0.418 e. The topological polar surface area (TPSA) is 12.0 Å². The van der Waals surface area contributed by atoms with Crippen LogP contribution in [0.5, 0.6) is 0 Å². The second-order valence-corrected chi connectivity index (χ2v) is 5.36. The van der Waals surface area contributed by atoms with Crippen molar-refractivity contribution in [2.45, 2.75) is 31.9 Å². The molecule has 0 aliphatic carbocycles. The predicted molar refractivity (Wildman–Crippen MR) is 76.8 cm³/mol. The van der Waals surface area contributed by atoms with Crippen molar-refractivity contribution in [2.75, 3.05) is 23.9 Å². The number of halogens is 3. The average Bonchev–Trinajstić information content (AvgIpc) is 2.37. The molecule has 0 saturated carbocycles. The molecule has 0 aliphatic rings. The van der Waals surface area contributed by atoms with Crippen molar-refractivity contribution in [3.63, 3.8) is 0 Å². The van der Waals surface area contributed by atoms with Gasteiger partial charge in [-0.1, -0.05) is 25.0 Å². The number of hydrogen-bond donors (Lipinski definition) is 1. The van der Waals surface area contributed by atoms with Gasteiger partial charge >= 0.3 is 6.18 Å². The molecule has 108 valence electrons. The standard InChI is InChI=1S/C14H20F3NS/c1-19-11-7-3-2-6-10-18-13-9-5-4-8-12(13)14(15,16)17/h4-5,8-9,18H,2-3,6-7,10-11H2,1H3. The number of alkyl halides is 3. The third-order valence-electron chi connectivity index (χ3n) is 2.82. The Morgan fingerprint density at radius 2 is 1.74 bits per heavy atom. The maximum Gasteiger partial charge on any atom is 0.418 e. The second kappa shape index (κ2) is 8.35. The monoisotopic (exact) mass is 291 g/mol. The van der Waals surface area contributed by atoms with Crippen LogP contribution in [0.3, 0.4) is 0 Å². The molecule has 1 aromatic rings. The van der Waals surface area contributed by atoms with E-state index in [1.54, 1.807) is 6.07 Å². The summed E-state index contributed by atoms with van der Waals surface area (Å²) in [6, 6.07) is 5.63. The predicted octanol–water partition coefficient (Wildman–Crippen LogP) is 5.04. The number of nitrogens with one attached hydrogen (secondary N) is 1. The van der Waals surface area contributed by atoms with Gasteiger partial charge in [-0.3, -0.25) is 0 Å². The second-order valence-electron chi connectivity index (χ2n) is 4.38. The molecule has 1 N–H and O–H groups in total. The van der Waals surface area contributed by atoms with Gasteiger partial charge in [-0.05, 0) is 37.0 Å². The maximum atomic E-state index is 12.7. The lowest BCUT2D eigenvalue weighted by atomic mass is 10.1. The van der Waals surface area contributed by atoms with E-state index in [-0.39, 0.29) is 5.69 Å². The van der Waals surface area contributed by atoms with Crippen LogP contribution in [0.4, 0.5) is 18.9 Å². The van der Waals surface area contributed by atoms with Crippen LogP contribution in [0.15, 0.2) is 24.3 Å². The minimum Gasteiger partial charge on any atom is -0.385 e. The van der Waals surface area contributed by atoms with E-state index in [1.165, 1.54) is 18.6 Å². The molecule has 5 heteroatoms. The van der Waals surface area contributed by atoms with Crippen molar-refractivity contribution in [2.24, 2.45) is 0 Å². The summed E-state index contributed by atoms with van der Waals surface area (Å²) in [5.74, 6) is 1.16. The zero-order valence-electron chi connectivity index (χ0n) is 11.1. The van der Waals surface area contributed by atoms with Gasteiger partial charge in [0.05, 0.1) is 5.56 Å². The van der Waals surface area contributed by atoms with Crippen molar-refractivity contribution in [1.29, 1.82) is 0 Å². The summed E-state index contributed by atoms with van der Waals surface area (Å²) >= 11 is 1.83. The average molecular weight is 291 g/mol. The van der Waals surface area contributed by atoms with E-state index in [0.717, 1.165) is 31.1 Å². The Morgan fingerprint density at radius 1 is 1.05 bits per heavy atom. The Labute approximate surface area is 117 Å². The molecule has 19 heavy (non-hydrogen) atoms. The van der Waals surface area contributed by atoms with Gasteiger partial charge in [0.15, 0.2) is 0 Å². The van der Waals surface area contributed by atoms with E-state index in [1.807, 2.05) is 11.8 Å². The molecule has 0 saturated heterocycles. The molecule has 1 aromatic carbocycles. The van der Waals surface area contributed by atoms with Crippen LogP contribution >= 0.6 is 11.8 Å². The van der Waals surface area contributed by atoms with Gasteiger partial charge in [0, 0.05) is 12.2 Å². The van der Waals surface area contributed by atoms with Gasteiger partial charge in [0.25, 0.3) is 0 Å². The molecular weight excluding hydrogens is 271 g/mol. The smallest absolute Gasteiger partial charge is 0.385 e. The molecule has 0 amide bonds. The first-order chi connectivity index (χ1) is 9.05. The number of anilines is 1. The Morgan fingerprint density at radius 3 is 2.42 bits per heavy atom. The summed E-state index contributed by atoms with van der Waals surface area (Å²) in [6.45, 7) is 0.590. The lowest BCUT2D eigenvalue weighted by molar-refractivity contribution is -0.136. The summed E-state index contributed by atoms with van der Waals surface area (Å²) in [6.07, 6.45) is 2.07. The first-order valence-corrected chi connectivity index (χ1v) is 7.84. The number of unbranched alkanes of at least 4 members (excludes halogenated alkanes) is 3. The van der Waals surface area contributed by atoms with Gasteiger partial charge in [-0.2, -0.15) is 24.9 Å². The van der Waals surface area contributed by atoms with Gasteiger partial charge in [-0.15, -0.1) is 0 Å². The molecule has 0 bridgehead atoms. The Hall–Kier alpha value is -0.840. The summed E-state index contributed by atoms with van der Waals surface area (Å²) in [5, 5.41) is 2.89. The molecule has 0 spiro atoms. The van der Waals surface area contributed by atoms with Crippen molar-refractivity contribution in [3.05, 3.63) is 29.8 Å². The van der Waals surface area contributed by atoms with Gasteiger partial charge < -0.3 is 5.32 Å². The Kier molecular flexibility index (Phi) is 7.13. The highest BCUT2D eigenvalue weighted by Crippen LogP contribution is 2.34. The lowest BCUT2D eigenvalue weighted by Gasteiger charge is -2.14. The van der Waals surface area contributed by atoms with Gasteiger partial charge in [0.2, 0.25) is 0 Å². The summed E-state index contributed by atoms with van der Waals surface area (Å²) in [4.78, 5) is 0. The summed E-state index contributed by atoms with van der Waals surface area (Å²) in [7, 11) is 0. The van der Waals surface area contributed by atoms with Gasteiger partial charge in [-0.25, -0.2) is 0 Å². The van der Waals surface area contributed by atoms with Crippen LogP contribution < -0.4 is 5.32 Å². The number of rotatable bonds is 8. The van der Waals surface area contributed by atoms with Crippen molar-refractivity contribution >= 4 is 17.4 Å². The van der Waals surface area contributed by atoms with Crippen LogP contribution in [-0.2, 0) is 6.18 Å². The fraction of sp³-hybridized carbons (Fsp3) is 0.571. The quantitative estimate of drug-likeness (QED) is 0.673. The molecule has 0 atom stereocenters. The molecule has 0 aromatic heterocycles. The van der Waals surface area contributed by atoms with Crippen LogP contribution in [0, 0.1) is 0 Å². The summed E-state index contributed by atoms with van der Waals surface area (Å²) < 4.78 is 38.2. The highest BCUT2D eigenvalue weighted by Gasteiger charge is 2.32. The molecular formula is C14H20F3NS. The zero-order valence-corrected chi connectivity index (χ0v) is 11.9. The Bertz CT molecular complexity index is 366. The normalized spacial score (nSPS) is 11.6. The van der Waals surface area contributed by atoms with Crippen molar-refractivity contribution in [3.8, 4) is 0 Å². The molecule has 0 fully saturated rings. The van der Waals surface area contributed by atoms with E-state index in [4.69, 9.17) is 0 Å². The van der Waals surface area contributed by atoms with Crippen LogP contribution in [0.1, 0.15) is 31.2 Å². The van der Waals surface area contributed by atoms with E-state index >= 15 is 0 Å². The minimum absolute atomic E-state index is 0.180. The Balaban J connectivity index is 2.33. The highest BCUT2D eigenvalue weighted by atomic mass is 32.2. The maximum absolute atomic E-state index is 12.7. The number of benzene rings is 1. The fourth-order valence-electron chi connectivity index (χ4n) is 1.83. The van der Waals surface area contributed by atoms with Crippen LogP contribution in [0.25, 0.3) is 0 Å². The SMILES string of the molecule is CSCCCCCCNc1ccccc1C(F)(F)F.